The molecule has 20 heavy (non-hydrogen) atoms. The van der Waals surface area contributed by atoms with Gasteiger partial charge in [0.05, 0.1) is 6.04 Å². The van der Waals surface area contributed by atoms with Crippen LogP contribution in [0.5, 0.6) is 0 Å². The van der Waals surface area contributed by atoms with Crippen LogP contribution in [-0.2, 0) is 0 Å². The molecule has 0 radical (unpaired) electrons. The number of nitrogens with zero attached hydrogens (tertiary/aromatic N) is 3. The molecular weight excluding hydrogens is 248 g/mol. The van der Waals surface area contributed by atoms with Crippen LogP contribution in [0, 0.1) is 6.92 Å². The lowest BCUT2D eigenvalue weighted by Gasteiger charge is -2.35. The second-order valence-corrected chi connectivity index (χ2v) is 5.99. The molecule has 2 unspecified atom stereocenters. The van der Waals surface area contributed by atoms with Crippen molar-refractivity contribution in [2.75, 3.05) is 40.3 Å². The number of aromatic nitrogens is 1. The number of hydrogen-bond donors (Lipinski definition) is 1. The smallest absolute Gasteiger partial charge is 0.0505 e. The third-order valence-electron chi connectivity index (χ3n) is 4.18. The molecule has 0 amide bonds. The van der Waals surface area contributed by atoms with Gasteiger partial charge in [-0.25, -0.2) is 0 Å². The fourth-order valence-corrected chi connectivity index (χ4v) is 3.11. The van der Waals surface area contributed by atoms with Gasteiger partial charge in [-0.1, -0.05) is 13.0 Å². The first-order valence-electron chi connectivity index (χ1n) is 7.65. The highest BCUT2D eigenvalue weighted by Gasteiger charge is 2.29. The van der Waals surface area contributed by atoms with Crippen LogP contribution in [0.25, 0.3) is 0 Å². The Hall–Kier alpha value is -0.970. The third-order valence-corrected chi connectivity index (χ3v) is 4.18. The van der Waals surface area contributed by atoms with Crippen LogP contribution in [0.4, 0.5) is 0 Å². The van der Waals surface area contributed by atoms with E-state index in [4.69, 9.17) is 0 Å². The highest BCUT2D eigenvalue weighted by Crippen LogP contribution is 2.23. The van der Waals surface area contributed by atoms with Crippen molar-refractivity contribution < 1.29 is 0 Å². The Morgan fingerprint density at radius 1 is 1.35 bits per heavy atom. The third kappa shape index (κ3) is 3.78. The molecule has 1 aliphatic rings. The van der Waals surface area contributed by atoms with Crippen molar-refractivity contribution in [3.05, 3.63) is 29.6 Å². The van der Waals surface area contributed by atoms with Crippen LogP contribution in [0.2, 0.25) is 0 Å². The maximum Gasteiger partial charge on any atom is 0.0505 e. The summed E-state index contributed by atoms with van der Waals surface area (Å²) in [5.74, 6) is 0. The van der Waals surface area contributed by atoms with Gasteiger partial charge in [0, 0.05) is 25.0 Å². The van der Waals surface area contributed by atoms with Crippen LogP contribution in [0.3, 0.4) is 0 Å². The van der Waals surface area contributed by atoms with E-state index in [0.29, 0.717) is 12.1 Å². The summed E-state index contributed by atoms with van der Waals surface area (Å²) in [5.41, 5.74) is 2.54. The zero-order valence-corrected chi connectivity index (χ0v) is 13.3. The van der Waals surface area contributed by atoms with Gasteiger partial charge in [0.2, 0.25) is 0 Å². The van der Waals surface area contributed by atoms with Crippen LogP contribution in [0.1, 0.15) is 30.5 Å². The maximum absolute atomic E-state index is 4.38. The van der Waals surface area contributed by atoms with Gasteiger partial charge in [-0.2, -0.15) is 0 Å². The molecule has 1 N–H and O–H groups in total. The van der Waals surface area contributed by atoms with E-state index in [-0.39, 0.29) is 0 Å². The predicted octanol–water partition coefficient (Wildman–Crippen LogP) is 1.68. The highest BCUT2D eigenvalue weighted by molar-refractivity contribution is 5.22. The van der Waals surface area contributed by atoms with Gasteiger partial charge in [-0.3, -0.25) is 4.98 Å². The van der Waals surface area contributed by atoms with Gasteiger partial charge in [-0.15, -0.1) is 0 Å². The molecule has 4 nitrogen and oxygen atoms in total. The van der Waals surface area contributed by atoms with Crippen molar-refractivity contribution in [2.45, 2.75) is 32.4 Å². The Bertz CT molecular complexity index is 421. The van der Waals surface area contributed by atoms with Gasteiger partial charge in [0.25, 0.3) is 0 Å². The van der Waals surface area contributed by atoms with Gasteiger partial charge in [-0.05, 0) is 58.2 Å². The minimum atomic E-state index is 0.345. The van der Waals surface area contributed by atoms with Gasteiger partial charge >= 0.3 is 0 Å². The van der Waals surface area contributed by atoms with Gasteiger partial charge in [0.15, 0.2) is 0 Å². The van der Waals surface area contributed by atoms with Crippen molar-refractivity contribution in [2.24, 2.45) is 0 Å². The molecular formula is C16H28N4. The van der Waals surface area contributed by atoms with Gasteiger partial charge < -0.3 is 15.1 Å². The average molecular weight is 276 g/mol. The molecule has 0 aliphatic carbocycles. The molecule has 1 fully saturated rings. The fraction of sp³-hybridized carbons (Fsp3) is 0.688. The van der Waals surface area contributed by atoms with E-state index < -0.39 is 0 Å². The van der Waals surface area contributed by atoms with Crippen LogP contribution < -0.4 is 5.32 Å². The molecule has 2 atom stereocenters. The standard InChI is InChI=1S/C16H28N4/c1-5-18-16(14-9-13(2)10-17-11-14)15-12-19(3)7-6-8-20(15)4/h9-11,15-16,18H,5-8,12H2,1-4H3. The van der Waals surface area contributed by atoms with E-state index >= 15 is 0 Å². The number of aryl methyl sites for hydroxylation is 1. The summed E-state index contributed by atoms with van der Waals surface area (Å²) in [6.07, 6.45) is 5.18. The summed E-state index contributed by atoms with van der Waals surface area (Å²) >= 11 is 0. The molecule has 0 aromatic carbocycles. The summed E-state index contributed by atoms with van der Waals surface area (Å²) in [7, 11) is 4.47. The number of hydrogen-bond acceptors (Lipinski definition) is 4. The van der Waals surface area contributed by atoms with E-state index in [2.05, 4.69) is 54.1 Å². The summed E-state index contributed by atoms with van der Waals surface area (Å²) in [6, 6.07) is 3.10. The van der Waals surface area contributed by atoms with E-state index in [1.807, 2.05) is 12.4 Å². The number of pyridine rings is 1. The Kier molecular flexibility index (Phi) is 5.52. The van der Waals surface area contributed by atoms with E-state index in [9.17, 15) is 0 Å². The first kappa shape index (κ1) is 15.4. The minimum Gasteiger partial charge on any atom is -0.309 e. The van der Waals surface area contributed by atoms with Crippen LogP contribution >= 0.6 is 0 Å². The van der Waals surface area contributed by atoms with Crippen molar-refractivity contribution >= 4 is 0 Å². The summed E-state index contributed by atoms with van der Waals surface area (Å²) in [6.45, 7) is 8.72. The number of nitrogens with one attached hydrogen (secondary N) is 1. The molecule has 1 saturated heterocycles. The normalized spacial score (nSPS) is 23.5. The van der Waals surface area contributed by atoms with E-state index in [0.717, 1.165) is 19.6 Å². The Morgan fingerprint density at radius 3 is 2.85 bits per heavy atom. The topological polar surface area (TPSA) is 31.4 Å². The zero-order chi connectivity index (χ0) is 14.5. The van der Waals surface area contributed by atoms with Gasteiger partial charge in [0.1, 0.15) is 0 Å². The SMILES string of the molecule is CCNC(c1cncc(C)c1)C1CN(C)CCCN1C. The Balaban J connectivity index is 2.26. The molecule has 4 heteroatoms. The van der Waals surface area contributed by atoms with Crippen molar-refractivity contribution in [3.8, 4) is 0 Å². The van der Waals surface area contributed by atoms with Crippen LogP contribution in [-0.4, -0.2) is 61.1 Å². The second kappa shape index (κ2) is 7.16. The monoisotopic (exact) mass is 276 g/mol. The minimum absolute atomic E-state index is 0.345. The van der Waals surface area contributed by atoms with E-state index in [1.54, 1.807) is 0 Å². The first-order valence-corrected chi connectivity index (χ1v) is 7.65. The molecule has 1 aromatic rings. The largest absolute Gasteiger partial charge is 0.309 e. The average Bonchev–Trinajstić information content (AvgIpc) is 2.58. The van der Waals surface area contributed by atoms with E-state index in [1.165, 1.54) is 24.1 Å². The molecule has 0 bridgehead atoms. The molecule has 2 rings (SSSR count). The molecule has 0 saturated carbocycles. The quantitative estimate of drug-likeness (QED) is 0.906. The molecule has 0 spiro atoms. The fourth-order valence-electron chi connectivity index (χ4n) is 3.11. The summed E-state index contributed by atoms with van der Waals surface area (Å²) in [4.78, 5) is 9.32. The van der Waals surface area contributed by atoms with Crippen molar-refractivity contribution in [1.29, 1.82) is 0 Å². The van der Waals surface area contributed by atoms with Crippen molar-refractivity contribution in [1.82, 2.24) is 20.1 Å². The lowest BCUT2D eigenvalue weighted by Crippen LogP contribution is -2.47. The molecule has 2 heterocycles. The number of likely N-dealkylation sites (N-methyl/N-ethyl adjacent to an activating group) is 3. The Labute approximate surface area is 123 Å². The lowest BCUT2D eigenvalue weighted by molar-refractivity contribution is 0.179. The zero-order valence-electron chi connectivity index (χ0n) is 13.3. The lowest BCUT2D eigenvalue weighted by atomic mass is 9.98. The Morgan fingerprint density at radius 2 is 2.15 bits per heavy atom. The summed E-state index contributed by atoms with van der Waals surface area (Å²) < 4.78 is 0. The van der Waals surface area contributed by atoms with Crippen molar-refractivity contribution in [3.63, 3.8) is 0 Å². The molecule has 1 aromatic heterocycles. The predicted molar refractivity (Wildman–Crippen MR) is 83.9 cm³/mol. The maximum atomic E-state index is 4.38. The number of rotatable bonds is 4. The molecule has 1 aliphatic heterocycles. The molecule has 112 valence electrons. The van der Waals surface area contributed by atoms with Crippen LogP contribution in [0.15, 0.2) is 18.5 Å². The first-order chi connectivity index (χ1) is 9.61. The summed E-state index contributed by atoms with van der Waals surface area (Å²) in [5, 5.41) is 3.67. The highest BCUT2D eigenvalue weighted by atomic mass is 15.2. The second-order valence-electron chi connectivity index (χ2n) is 5.99.